The summed E-state index contributed by atoms with van der Waals surface area (Å²) in [6.45, 7) is 7.55. The van der Waals surface area contributed by atoms with Gasteiger partial charge in [0.2, 0.25) is 11.8 Å². The lowest BCUT2D eigenvalue weighted by atomic mass is 9.97. The van der Waals surface area contributed by atoms with E-state index in [4.69, 9.17) is 5.73 Å². The fourth-order valence-corrected chi connectivity index (χ4v) is 2.89. The summed E-state index contributed by atoms with van der Waals surface area (Å²) >= 11 is 0. The Hall–Kier alpha value is -2.41. The minimum atomic E-state index is -1.09. The third-order valence-corrected chi connectivity index (χ3v) is 4.75. The summed E-state index contributed by atoms with van der Waals surface area (Å²) in [6, 6.07) is 6.60. The van der Waals surface area contributed by atoms with Gasteiger partial charge in [0.15, 0.2) is 0 Å². The van der Waals surface area contributed by atoms with Gasteiger partial charge in [-0.1, -0.05) is 64.4 Å². The Morgan fingerprint density at radius 1 is 1.04 bits per heavy atom. The van der Waals surface area contributed by atoms with Crippen LogP contribution in [0, 0.1) is 11.8 Å². The minimum Gasteiger partial charge on any atom is -0.480 e. The number of hydrogen-bond donors (Lipinski definition) is 4. The van der Waals surface area contributed by atoms with E-state index < -0.39 is 35.9 Å². The number of carbonyl (C=O) groups is 3. The zero-order valence-corrected chi connectivity index (χ0v) is 17.1. The van der Waals surface area contributed by atoms with Crippen LogP contribution in [0.3, 0.4) is 0 Å². The molecule has 1 rings (SSSR count). The van der Waals surface area contributed by atoms with Crippen molar-refractivity contribution in [2.45, 2.75) is 65.1 Å². The van der Waals surface area contributed by atoms with Gasteiger partial charge < -0.3 is 21.5 Å². The van der Waals surface area contributed by atoms with Gasteiger partial charge in [-0.15, -0.1) is 0 Å². The van der Waals surface area contributed by atoms with Crippen LogP contribution in [0.1, 0.15) is 46.1 Å². The summed E-state index contributed by atoms with van der Waals surface area (Å²) in [5.41, 5.74) is 6.80. The van der Waals surface area contributed by atoms with Crippen molar-refractivity contribution in [2.24, 2.45) is 17.6 Å². The van der Waals surface area contributed by atoms with Gasteiger partial charge in [-0.3, -0.25) is 9.59 Å². The van der Waals surface area contributed by atoms with E-state index in [0.29, 0.717) is 12.8 Å². The summed E-state index contributed by atoms with van der Waals surface area (Å²) in [6.07, 6.45) is 1.35. The fraction of sp³-hybridized carbons (Fsp3) is 0.571. The number of aliphatic carboxylic acids is 1. The predicted octanol–water partition coefficient (Wildman–Crippen LogP) is 1.70. The number of carbonyl (C=O) groups excluding carboxylic acids is 2. The highest BCUT2D eigenvalue weighted by Gasteiger charge is 2.30. The number of hydrogen-bond acceptors (Lipinski definition) is 4. The highest BCUT2D eigenvalue weighted by molar-refractivity contribution is 5.92. The second-order valence-corrected chi connectivity index (χ2v) is 7.70. The van der Waals surface area contributed by atoms with Gasteiger partial charge in [0.25, 0.3) is 0 Å². The van der Waals surface area contributed by atoms with Crippen LogP contribution in [0.5, 0.6) is 0 Å². The van der Waals surface area contributed by atoms with Gasteiger partial charge >= 0.3 is 5.97 Å². The van der Waals surface area contributed by atoms with Crippen molar-refractivity contribution in [3.63, 3.8) is 0 Å². The zero-order chi connectivity index (χ0) is 21.3. The Kier molecular flexibility index (Phi) is 9.65. The van der Waals surface area contributed by atoms with E-state index in [9.17, 15) is 19.5 Å². The molecule has 0 saturated heterocycles. The van der Waals surface area contributed by atoms with Crippen LogP contribution in [0.25, 0.3) is 0 Å². The number of carboxylic acid groups (broad SMARTS) is 1. The van der Waals surface area contributed by atoms with Crippen molar-refractivity contribution in [3.05, 3.63) is 35.9 Å². The molecule has 0 aliphatic heterocycles. The van der Waals surface area contributed by atoms with Crippen molar-refractivity contribution in [1.82, 2.24) is 10.6 Å². The number of rotatable bonds is 11. The van der Waals surface area contributed by atoms with E-state index in [1.165, 1.54) is 0 Å². The van der Waals surface area contributed by atoms with Crippen molar-refractivity contribution in [3.8, 4) is 0 Å². The summed E-state index contributed by atoms with van der Waals surface area (Å²) in [7, 11) is 0. The van der Waals surface area contributed by atoms with Crippen molar-refractivity contribution < 1.29 is 19.5 Å². The second-order valence-electron chi connectivity index (χ2n) is 7.70. The van der Waals surface area contributed by atoms with E-state index in [1.807, 2.05) is 51.1 Å². The average Bonchev–Trinajstić information content (AvgIpc) is 2.64. The van der Waals surface area contributed by atoms with Crippen LogP contribution in [-0.2, 0) is 20.8 Å². The number of benzene rings is 1. The van der Waals surface area contributed by atoms with E-state index in [1.54, 1.807) is 6.92 Å². The molecule has 1 aromatic carbocycles. The van der Waals surface area contributed by atoms with Crippen molar-refractivity contribution in [1.29, 1.82) is 0 Å². The maximum atomic E-state index is 12.8. The Labute approximate surface area is 167 Å². The molecular weight excluding hydrogens is 358 g/mol. The molecule has 0 aliphatic rings. The Morgan fingerprint density at radius 2 is 1.64 bits per heavy atom. The lowest BCUT2D eigenvalue weighted by Gasteiger charge is -2.25. The average molecular weight is 392 g/mol. The van der Waals surface area contributed by atoms with Gasteiger partial charge in [0, 0.05) is 6.42 Å². The standard InChI is InChI=1S/C21H33N3O4/c1-5-14(4)18(21(27)28)24-20(26)17(12-15-9-7-6-8-10-15)23-19(25)16(22)11-13(2)3/h6-10,13-14,16-18H,5,11-12,22H2,1-4H3,(H,23,25)(H,24,26)(H,27,28). The minimum absolute atomic E-state index is 0.238. The number of carboxylic acids is 1. The molecule has 1 aromatic rings. The molecule has 0 saturated carbocycles. The Balaban J connectivity index is 2.97. The van der Waals surface area contributed by atoms with Gasteiger partial charge in [0.1, 0.15) is 12.1 Å². The molecule has 0 fully saturated rings. The number of amides is 2. The predicted molar refractivity (Wildman–Crippen MR) is 109 cm³/mol. The first-order chi connectivity index (χ1) is 13.1. The van der Waals surface area contributed by atoms with Crippen LogP contribution in [0.15, 0.2) is 30.3 Å². The lowest BCUT2D eigenvalue weighted by molar-refractivity contribution is -0.143. The normalized spacial score (nSPS) is 15.4. The molecule has 0 bridgehead atoms. The molecule has 5 N–H and O–H groups in total. The molecular formula is C21H33N3O4. The van der Waals surface area contributed by atoms with Gasteiger partial charge in [-0.25, -0.2) is 4.79 Å². The molecule has 7 nitrogen and oxygen atoms in total. The monoisotopic (exact) mass is 391 g/mol. The summed E-state index contributed by atoms with van der Waals surface area (Å²) in [4.78, 5) is 36.8. The first-order valence-corrected chi connectivity index (χ1v) is 9.78. The van der Waals surface area contributed by atoms with Gasteiger partial charge in [0.05, 0.1) is 6.04 Å². The molecule has 0 radical (unpaired) electrons. The maximum Gasteiger partial charge on any atom is 0.326 e. The molecule has 0 heterocycles. The summed E-state index contributed by atoms with van der Waals surface area (Å²) in [5.74, 6) is -2.03. The highest BCUT2D eigenvalue weighted by atomic mass is 16.4. The molecule has 0 spiro atoms. The van der Waals surface area contributed by atoms with E-state index in [0.717, 1.165) is 5.56 Å². The topological polar surface area (TPSA) is 122 Å². The van der Waals surface area contributed by atoms with Gasteiger partial charge in [-0.05, 0) is 23.8 Å². The van der Waals surface area contributed by atoms with Crippen molar-refractivity contribution >= 4 is 17.8 Å². The fourth-order valence-electron chi connectivity index (χ4n) is 2.89. The van der Waals surface area contributed by atoms with E-state index in [-0.39, 0.29) is 18.3 Å². The summed E-state index contributed by atoms with van der Waals surface area (Å²) in [5, 5.41) is 14.7. The molecule has 156 valence electrons. The Bertz CT molecular complexity index is 648. The maximum absolute atomic E-state index is 12.8. The zero-order valence-electron chi connectivity index (χ0n) is 17.1. The molecule has 7 heteroatoms. The van der Waals surface area contributed by atoms with Crippen LogP contribution < -0.4 is 16.4 Å². The first kappa shape index (κ1) is 23.6. The summed E-state index contributed by atoms with van der Waals surface area (Å²) < 4.78 is 0. The SMILES string of the molecule is CCC(C)C(NC(=O)C(Cc1ccccc1)NC(=O)C(N)CC(C)C)C(=O)O. The number of nitrogens with two attached hydrogens (primary N) is 1. The van der Waals surface area contributed by atoms with E-state index in [2.05, 4.69) is 10.6 Å². The third kappa shape index (κ3) is 7.68. The molecule has 4 unspecified atom stereocenters. The van der Waals surface area contributed by atoms with Crippen LogP contribution in [-0.4, -0.2) is 41.0 Å². The number of nitrogens with one attached hydrogen (secondary N) is 2. The largest absolute Gasteiger partial charge is 0.480 e. The molecule has 0 aliphatic carbocycles. The smallest absolute Gasteiger partial charge is 0.326 e. The van der Waals surface area contributed by atoms with Crippen LogP contribution in [0.4, 0.5) is 0 Å². The second kappa shape index (κ2) is 11.4. The lowest BCUT2D eigenvalue weighted by Crippen LogP contribution is -2.56. The third-order valence-electron chi connectivity index (χ3n) is 4.75. The molecule has 0 aromatic heterocycles. The van der Waals surface area contributed by atoms with Crippen LogP contribution in [0.2, 0.25) is 0 Å². The highest BCUT2D eigenvalue weighted by Crippen LogP contribution is 2.10. The first-order valence-electron chi connectivity index (χ1n) is 9.78. The quantitative estimate of drug-likeness (QED) is 0.457. The van der Waals surface area contributed by atoms with E-state index >= 15 is 0 Å². The van der Waals surface area contributed by atoms with Crippen molar-refractivity contribution in [2.75, 3.05) is 0 Å². The molecule has 2 amide bonds. The Morgan fingerprint density at radius 3 is 2.14 bits per heavy atom. The van der Waals surface area contributed by atoms with Gasteiger partial charge in [-0.2, -0.15) is 0 Å². The molecule has 28 heavy (non-hydrogen) atoms. The van der Waals surface area contributed by atoms with Crippen LogP contribution >= 0.6 is 0 Å². The molecule has 4 atom stereocenters.